The standard InChI is InChI=1S/C16H18NSi.C5H5.2ClH.Ti/c1-16(2,17)13-18(14-9-5-3-6-10-14)15-11-7-4-8-12-15;1-2-4-5-3-1;;;/h3-13,17H,1-2H3;1-5H;2*1H;/q2*-1;;;+4/p-2. The van der Waals surface area contributed by atoms with Gasteiger partial charge in [0.25, 0.3) is 0 Å². The van der Waals surface area contributed by atoms with Crippen molar-refractivity contribution in [3.8, 4) is 0 Å². The summed E-state index contributed by atoms with van der Waals surface area (Å²) in [6.07, 6.45) is 0. The molecule has 0 bridgehead atoms. The molecule has 0 saturated carbocycles. The van der Waals surface area contributed by atoms with Gasteiger partial charge in [-0.05, 0) is 10.4 Å². The molecule has 1 nitrogen and oxygen atoms in total. The number of hydrogen-bond acceptors (Lipinski definition) is 0. The van der Waals surface area contributed by atoms with Crippen LogP contribution in [-0.2, 0) is 21.7 Å². The first-order chi connectivity index (χ1) is 11.1. The quantitative estimate of drug-likeness (QED) is 0.333. The van der Waals surface area contributed by atoms with Gasteiger partial charge in [0.15, 0.2) is 0 Å². The third-order valence-corrected chi connectivity index (χ3v) is 6.15. The van der Waals surface area contributed by atoms with Crippen molar-refractivity contribution in [3.05, 3.63) is 96.7 Å². The molecule has 0 aliphatic heterocycles. The second kappa shape index (κ2) is 14.2. The van der Waals surface area contributed by atoms with Crippen LogP contribution < -0.4 is 35.2 Å². The number of nitrogens with one attached hydrogen (secondary N) is 1. The van der Waals surface area contributed by atoms with Crippen LogP contribution in [0.15, 0.2) is 91.0 Å². The molecule has 3 aromatic rings. The minimum atomic E-state index is -0.970. The van der Waals surface area contributed by atoms with Crippen LogP contribution in [0.1, 0.15) is 13.8 Å². The van der Waals surface area contributed by atoms with E-state index in [2.05, 4.69) is 54.2 Å². The fourth-order valence-corrected chi connectivity index (χ4v) is 4.74. The summed E-state index contributed by atoms with van der Waals surface area (Å²) < 4.78 is 0. The smallest absolute Gasteiger partial charge is 1.00 e. The van der Waals surface area contributed by atoms with E-state index in [0.717, 1.165) is 0 Å². The summed E-state index contributed by atoms with van der Waals surface area (Å²) in [6, 6.07) is 31.1. The summed E-state index contributed by atoms with van der Waals surface area (Å²) in [5, 5.41) is 2.68. The summed E-state index contributed by atoms with van der Waals surface area (Å²) in [5.41, 5.74) is 9.83. The molecular formula is C21H23Cl2NSiTi. The van der Waals surface area contributed by atoms with Gasteiger partial charge in [-0.1, -0.05) is 74.5 Å². The summed E-state index contributed by atoms with van der Waals surface area (Å²) >= 11 is 0. The molecule has 0 spiro atoms. The summed E-state index contributed by atoms with van der Waals surface area (Å²) in [4.78, 5) is 0. The molecular weight excluding hydrogens is 413 g/mol. The van der Waals surface area contributed by atoms with Gasteiger partial charge >= 0.3 is 21.7 Å². The van der Waals surface area contributed by atoms with Crippen LogP contribution in [-0.4, -0.2) is 19.6 Å². The first kappa shape index (κ1) is 27.4. The van der Waals surface area contributed by atoms with E-state index in [-0.39, 0.29) is 46.5 Å². The Labute approximate surface area is 186 Å². The average molecular weight is 436 g/mol. The van der Waals surface area contributed by atoms with Gasteiger partial charge in [-0.2, -0.15) is 18.2 Å². The molecule has 0 aromatic heterocycles. The van der Waals surface area contributed by atoms with E-state index in [0.29, 0.717) is 0 Å². The van der Waals surface area contributed by atoms with Crippen LogP contribution in [0, 0.1) is 0 Å². The van der Waals surface area contributed by atoms with Crippen molar-refractivity contribution in [2.75, 3.05) is 0 Å². The average Bonchev–Trinajstić information content (AvgIpc) is 3.13. The van der Waals surface area contributed by atoms with Crippen LogP contribution in [0.2, 0.25) is 0 Å². The fraction of sp³-hybridized carbons (Fsp3) is 0.143. The number of hydrogen-bond donors (Lipinski definition) is 0. The van der Waals surface area contributed by atoms with Crippen LogP contribution in [0.4, 0.5) is 0 Å². The Morgan fingerprint density at radius 1 is 0.769 bits per heavy atom. The maximum absolute atomic E-state index is 8.13. The Hall–Kier alpha value is -0.869. The third kappa shape index (κ3) is 10.3. The molecule has 5 heteroatoms. The second-order valence-electron chi connectivity index (χ2n) is 5.97. The van der Waals surface area contributed by atoms with Gasteiger partial charge in [-0.15, -0.1) is 11.2 Å². The normalized spacial score (nSPS) is 9.19. The van der Waals surface area contributed by atoms with E-state index in [4.69, 9.17) is 5.73 Å². The molecule has 0 heterocycles. The molecule has 0 amide bonds. The van der Waals surface area contributed by atoms with Gasteiger partial charge < -0.3 is 30.5 Å². The zero-order valence-electron chi connectivity index (χ0n) is 15.0. The third-order valence-electron chi connectivity index (χ3n) is 3.23. The van der Waals surface area contributed by atoms with Crippen molar-refractivity contribution in [1.82, 2.24) is 0 Å². The summed E-state index contributed by atoms with van der Waals surface area (Å²) in [5.74, 6) is 0. The maximum Gasteiger partial charge on any atom is 4.00 e. The van der Waals surface area contributed by atoms with Crippen molar-refractivity contribution >= 4 is 24.5 Å². The Balaban J connectivity index is 0. The Morgan fingerprint density at radius 2 is 1.15 bits per heavy atom. The molecule has 0 aliphatic rings. The monoisotopic (exact) mass is 435 g/mol. The van der Waals surface area contributed by atoms with E-state index >= 15 is 0 Å². The number of rotatable bonds is 3. The van der Waals surface area contributed by atoms with Crippen molar-refractivity contribution in [2.24, 2.45) is 0 Å². The van der Waals surface area contributed by atoms with Crippen molar-refractivity contribution < 1.29 is 46.5 Å². The van der Waals surface area contributed by atoms with Crippen molar-refractivity contribution in [2.45, 2.75) is 19.4 Å². The Bertz CT molecular complexity index is 650. The molecule has 0 radical (unpaired) electrons. The van der Waals surface area contributed by atoms with E-state index in [1.54, 1.807) is 0 Å². The SMILES string of the molecule is CC(C)([NH-])C=[Si](c1ccccc1)c1ccccc1.[Cl-].[Cl-].[Ti+4].c1cc[cH-]c1. The maximum atomic E-state index is 8.13. The summed E-state index contributed by atoms with van der Waals surface area (Å²) in [6.45, 7) is 3.90. The minimum Gasteiger partial charge on any atom is -1.00 e. The molecule has 1 N–H and O–H groups in total. The van der Waals surface area contributed by atoms with Gasteiger partial charge in [0, 0.05) is 0 Å². The predicted octanol–water partition coefficient (Wildman–Crippen LogP) is -2.08. The van der Waals surface area contributed by atoms with Crippen LogP contribution in [0.25, 0.3) is 5.73 Å². The van der Waals surface area contributed by atoms with Crippen molar-refractivity contribution in [3.63, 3.8) is 0 Å². The largest absolute Gasteiger partial charge is 4.00 e. The zero-order valence-corrected chi connectivity index (χ0v) is 19.1. The Morgan fingerprint density at radius 3 is 1.42 bits per heavy atom. The molecule has 26 heavy (non-hydrogen) atoms. The van der Waals surface area contributed by atoms with Gasteiger partial charge in [0.2, 0.25) is 0 Å². The number of benzene rings is 2. The topological polar surface area (TPSA) is 23.8 Å². The predicted molar refractivity (Wildman–Crippen MR) is 104 cm³/mol. The zero-order chi connectivity index (χ0) is 16.5. The second-order valence-corrected chi connectivity index (χ2v) is 8.24. The van der Waals surface area contributed by atoms with Crippen LogP contribution in [0.5, 0.6) is 0 Å². The molecule has 0 aliphatic carbocycles. The van der Waals surface area contributed by atoms with Gasteiger partial charge in [-0.25, -0.2) is 12.1 Å². The summed E-state index contributed by atoms with van der Waals surface area (Å²) in [7, 11) is -0.970. The minimum absolute atomic E-state index is 0. The van der Waals surface area contributed by atoms with Crippen LogP contribution >= 0.6 is 0 Å². The van der Waals surface area contributed by atoms with Crippen LogP contribution in [0.3, 0.4) is 0 Å². The molecule has 0 unspecified atom stereocenters. The molecule has 134 valence electrons. The fourth-order valence-electron chi connectivity index (χ4n) is 2.25. The molecule has 0 atom stereocenters. The number of halogens is 2. The van der Waals surface area contributed by atoms with Crippen molar-refractivity contribution in [1.29, 1.82) is 0 Å². The van der Waals surface area contributed by atoms with E-state index < -0.39 is 13.9 Å². The molecule has 3 aromatic carbocycles. The van der Waals surface area contributed by atoms with Gasteiger partial charge in [-0.3, -0.25) is 0 Å². The van der Waals surface area contributed by atoms with E-state index in [1.807, 2.05) is 56.3 Å². The van der Waals surface area contributed by atoms with E-state index in [9.17, 15) is 0 Å². The first-order valence-corrected chi connectivity index (χ1v) is 9.39. The molecule has 0 fully saturated rings. The molecule has 0 saturated heterocycles. The van der Waals surface area contributed by atoms with Gasteiger partial charge in [0.1, 0.15) is 0 Å². The molecule has 3 rings (SSSR count). The van der Waals surface area contributed by atoms with Gasteiger partial charge in [0.05, 0.1) is 8.41 Å². The Kier molecular flexibility index (Phi) is 15.0. The van der Waals surface area contributed by atoms with E-state index in [1.165, 1.54) is 10.4 Å². The first-order valence-electron chi connectivity index (χ1n) is 7.82.